The molecule has 0 aromatic rings. The predicted octanol–water partition coefficient (Wildman–Crippen LogP) is 0.992. The molecule has 0 aliphatic carbocycles. The highest BCUT2D eigenvalue weighted by Gasteiger charge is 2.06. The summed E-state index contributed by atoms with van der Waals surface area (Å²) in [4.78, 5) is 14.9. The molecule has 0 spiro atoms. The van der Waals surface area contributed by atoms with Gasteiger partial charge in [0.1, 0.15) is 0 Å². The van der Waals surface area contributed by atoms with Crippen molar-refractivity contribution in [2.75, 3.05) is 7.05 Å². The molecular weight excluding hydrogens is 140 g/mol. The first-order valence-electron chi connectivity index (χ1n) is 3.86. The molecule has 1 N–H and O–H groups in total. The molecule has 0 heterocycles. The third-order valence-corrected chi connectivity index (χ3v) is 1.65. The Bertz CT molecular complexity index is 163. The maximum Gasteiger partial charge on any atom is 0.265 e. The van der Waals surface area contributed by atoms with Crippen LogP contribution in [0.1, 0.15) is 27.2 Å². The van der Waals surface area contributed by atoms with E-state index in [2.05, 4.69) is 10.3 Å². The molecule has 11 heavy (non-hydrogen) atoms. The van der Waals surface area contributed by atoms with Crippen LogP contribution in [0.15, 0.2) is 4.99 Å². The number of nitrogens with one attached hydrogen (secondary N) is 1. The predicted molar refractivity (Wildman–Crippen MR) is 46.9 cm³/mol. The Labute approximate surface area is 67.9 Å². The minimum absolute atomic E-state index is 0.0677. The summed E-state index contributed by atoms with van der Waals surface area (Å²) in [5.41, 5.74) is 0.533. The van der Waals surface area contributed by atoms with Crippen molar-refractivity contribution in [1.29, 1.82) is 0 Å². The standard InChI is InChI=1S/C8H16N2O/c1-5-6(2)10-8(11)7(3)9-4/h6H,5H2,1-4H3,(H,10,11). The Morgan fingerprint density at radius 2 is 2.18 bits per heavy atom. The van der Waals surface area contributed by atoms with Crippen molar-refractivity contribution in [3.63, 3.8) is 0 Å². The Morgan fingerprint density at radius 3 is 2.55 bits per heavy atom. The van der Waals surface area contributed by atoms with Crippen molar-refractivity contribution >= 4 is 11.6 Å². The SMILES string of the molecule is CCC(C)NC(=O)C(C)=NC. The Morgan fingerprint density at radius 1 is 1.64 bits per heavy atom. The van der Waals surface area contributed by atoms with Gasteiger partial charge in [0.15, 0.2) is 0 Å². The van der Waals surface area contributed by atoms with Gasteiger partial charge in [-0.15, -0.1) is 0 Å². The fraction of sp³-hybridized carbons (Fsp3) is 0.750. The molecule has 1 amide bonds. The molecule has 0 aliphatic rings. The fourth-order valence-electron chi connectivity index (χ4n) is 0.532. The number of amides is 1. The first-order valence-corrected chi connectivity index (χ1v) is 3.86. The van der Waals surface area contributed by atoms with E-state index in [1.54, 1.807) is 14.0 Å². The summed E-state index contributed by atoms with van der Waals surface area (Å²) < 4.78 is 0. The molecule has 1 atom stereocenters. The minimum Gasteiger partial charge on any atom is -0.349 e. The number of nitrogens with zero attached hydrogens (tertiary/aromatic N) is 1. The van der Waals surface area contributed by atoms with Crippen molar-refractivity contribution in [3.8, 4) is 0 Å². The zero-order chi connectivity index (χ0) is 8.85. The molecule has 0 saturated heterocycles. The van der Waals surface area contributed by atoms with Crippen LogP contribution in [0.3, 0.4) is 0 Å². The zero-order valence-corrected chi connectivity index (χ0v) is 7.64. The molecule has 0 radical (unpaired) electrons. The smallest absolute Gasteiger partial charge is 0.265 e. The molecule has 0 aromatic carbocycles. The first-order chi connectivity index (χ1) is 5.11. The molecule has 0 aromatic heterocycles. The monoisotopic (exact) mass is 156 g/mol. The normalized spacial score (nSPS) is 14.4. The molecule has 1 unspecified atom stereocenters. The Hall–Kier alpha value is -0.860. The third-order valence-electron chi connectivity index (χ3n) is 1.65. The maximum atomic E-state index is 11.1. The summed E-state index contributed by atoms with van der Waals surface area (Å²) in [6.45, 7) is 5.71. The van der Waals surface area contributed by atoms with E-state index in [0.29, 0.717) is 5.71 Å². The van der Waals surface area contributed by atoms with Gasteiger partial charge in [-0.25, -0.2) is 0 Å². The summed E-state index contributed by atoms with van der Waals surface area (Å²) in [7, 11) is 1.62. The largest absolute Gasteiger partial charge is 0.349 e. The maximum absolute atomic E-state index is 11.1. The van der Waals surface area contributed by atoms with E-state index in [0.717, 1.165) is 6.42 Å². The van der Waals surface area contributed by atoms with Crippen LogP contribution in [0.4, 0.5) is 0 Å². The van der Waals surface area contributed by atoms with Gasteiger partial charge in [0.25, 0.3) is 5.91 Å². The second-order valence-corrected chi connectivity index (χ2v) is 2.59. The van der Waals surface area contributed by atoms with Gasteiger partial charge < -0.3 is 5.32 Å². The van der Waals surface area contributed by atoms with Crippen LogP contribution >= 0.6 is 0 Å². The Balaban J connectivity index is 3.88. The van der Waals surface area contributed by atoms with Crippen molar-refractivity contribution in [3.05, 3.63) is 0 Å². The fourth-order valence-corrected chi connectivity index (χ4v) is 0.532. The van der Waals surface area contributed by atoms with Crippen molar-refractivity contribution < 1.29 is 4.79 Å². The quantitative estimate of drug-likeness (QED) is 0.608. The third kappa shape index (κ3) is 3.75. The van der Waals surface area contributed by atoms with Crippen LogP contribution in [-0.2, 0) is 4.79 Å². The molecule has 64 valence electrons. The number of rotatable bonds is 3. The van der Waals surface area contributed by atoms with Gasteiger partial charge in [-0.3, -0.25) is 9.79 Å². The average molecular weight is 156 g/mol. The van der Waals surface area contributed by atoms with Crippen LogP contribution < -0.4 is 5.32 Å². The molecule has 0 fully saturated rings. The number of carbonyl (C=O) groups excluding carboxylic acids is 1. The molecule has 3 nitrogen and oxygen atoms in total. The summed E-state index contributed by atoms with van der Waals surface area (Å²) in [5, 5.41) is 2.81. The minimum atomic E-state index is -0.0677. The van der Waals surface area contributed by atoms with Gasteiger partial charge in [0, 0.05) is 13.1 Å². The van der Waals surface area contributed by atoms with Crippen LogP contribution in [0.5, 0.6) is 0 Å². The van der Waals surface area contributed by atoms with Gasteiger partial charge in [-0.2, -0.15) is 0 Å². The lowest BCUT2D eigenvalue weighted by Crippen LogP contribution is -2.36. The average Bonchev–Trinajstić information content (AvgIpc) is 2.02. The lowest BCUT2D eigenvalue weighted by atomic mass is 10.2. The highest BCUT2D eigenvalue weighted by atomic mass is 16.1. The van der Waals surface area contributed by atoms with E-state index in [1.807, 2.05) is 13.8 Å². The molecule has 3 heteroatoms. The summed E-state index contributed by atoms with van der Waals surface area (Å²) in [5.74, 6) is -0.0677. The van der Waals surface area contributed by atoms with E-state index >= 15 is 0 Å². The van der Waals surface area contributed by atoms with E-state index in [9.17, 15) is 4.79 Å². The van der Waals surface area contributed by atoms with Crippen LogP contribution in [0, 0.1) is 0 Å². The second kappa shape index (κ2) is 4.88. The van der Waals surface area contributed by atoms with Gasteiger partial charge in [-0.05, 0) is 20.3 Å². The van der Waals surface area contributed by atoms with Crippen molar-refractivity contribution in [2.45, 2.75) is 33.2 Å². The van der Waals surface area contributed by atoms with Crippen molar-refractivity contribution in [2.24, 2.45) is 4.99 Å². The van der Waals surface area contributed by atoms with Gasteiger partial charge in [0.2, 0.25) is 0 Å². The van der Waals surface area contributed by atoms with E-state index in [-0.39, 0.29) is 11.9 Å². The number of aliphatic imine (C=N–C) groups is 1. The van der Waals surface area contributed by atoms with E-state index in [1.165, 1.54) is 0 Å². The summed E-state index contributed by atoms with van der Waals surface area (Å²) in [6.07, 6.45) is 0.947. The van der Waals surface area contributed by atoms with Crippen LogP contribution in [0.2, 0.25) is 0 Å². The summed E-state index contributed by atoms with van der Waals surface area (Å²) in [6, 6.07) is 0.235. The molecule has 0 saturated carbocycles. The van der Waals surface area contributed by atoms with Crippen molar-refractivity contribution in [1.82, 2.24) is 5.32 Å². The highest BCUT2D eigenvalue weighted by Crippen LogP contribution is 1.87. The van der Waals surface area contributed by atoms with Gasteiger partial charge in [0.05, 0.1) is 5.71 Å². The molecular formula is C8H16N2O. The Kier molecular flexibility index (Phi) is 4.50. The summed E-state index contributed by atoms with van der Waals surface area (Å²) >= 11 is 0. The zero-order valence-electron chi connectivity index (χ0n) is 7.64. The topological polar surface area (TPSA) is 41.5 Å². The van der Waals surface area contributed by atoms with E-state index < -0.39 is 0 Å². The lowest BCUT2D eigenvalue weighted by Gasteiger charge is -2.10. The first kappa shape index (κ1) is 10.1. The number of carbonyl (C=O) groups is 1. The highest BCUT2D eigenvalue weighted by molar-refractivity contribution is 6.37. The van der Waals surface area contributed by atoms with Crippen LogP contribution in [0.25, 0.3) is 0 Å². The number of hydrogen-bond donors (Lipinski definition) is 1. The number of hydrogen-bond acceptors (Lipinski definition) is 2. The molecule has 0 aliphatic heterocycles. The lowest BCUT2D eigenvalue weighted by molar-refractivity contribution is -0.115. The van der Waals surface area contributed by atoms with Crippen LogP contribution in [-0.4, -0.2) is 24.7 Å². The van der Waals surface area contributed by atoms with E-state index in [4.69, 9.17) is 0 Å². The van der Waals surface area contributed by atoms with Gasteiger partial charge in [-0.1, -0.05) is 6.92 Å². The molecule has 0 rings (SSSR count). The molecule has 0 bridgehead atoms. The van der Waals surface area contributed by atoms with Gasteiger partial charge >= 0.3 is 0 Å². The second-order valence-electron chi connectivity index (χ2n) is 2.59.